The highest BCUT2D eigenvalue weighted by Crippen LogP contribution is 2.35. The third kappa shape index (κ3) is 2.96. The lowest BCUT2D eigenvalue weighted by Crippen LogP contribution is -2.51. The minimum Gasteiger partial charge on any atom is -0.383 e. The van der Waals surface area contributed by atoms with Gasteiger partial charge in [0, 0.05) is 18.7 Å². The van der Waals surface area contributed by atoms with E-state index in [4.69, 9.17) is 4.74 Å². The van der Waals surface area contributed by atoms with Gasteiger partial charge in [0.25, 0.3) is 0 Å². The maximum Gasteiger partial charge on any atom is 0.152 e. The van der Waals surface area contributed by atoms with Crippen molar-refractivity contribution in [2.75, 3.05) is 25.2 Å². The molecular formula is C11H21NO3S. The van der Waals surface area contributed by atoms with Crippen LogP contribution in [0.15, 0.2) is 0 Å². The van der Waals surface area contributed by atoms with E-state index in [0.717, 1.165) is 6.42 Å². The zero-order chi connectivity index (χ0) is 11.8. The standard InChI is InChI=1S/C11H21NO3S/c1-11(5-6-16(13,14)8-11)12-10(7-15-2)9-3-4-9/h9-10,12H,3-8H2,1-2H3. The molecule has 1 heterocycles. The molecule has 2 unspecified atom stereocenters. The summed E-state index contributed by atoms with van der Waals surface area (Å²) in [7, 11) is -1.12. The Labute approximate surface area is 97.7 Å². The summed E-state index contributed by atoms with van der Waals surface area (Å²) in [4.78, 5) is 0. The number of hydrogen-bond acceptors (Lipinski definition) is 4. The van der Waals surface area contributed by atoms with Crippen LogP contribution >= 0.6 is 0 Å². The van der Waals surface area contributed by atoms with Gasteiger partial charge in [-0.3, -0.25) is 0 Å². The molecule has 1 saturated carbocycles. The van der Waals surface area contributed by atoms with Crippen molar-refractivity contribution in [1.29, 1.82) is 0 Å². The minimum atomic E-state index is -2.82. The molecule has 1 N–H and O–H groups in total. The molecule has 0 aromatic heterocycles. The quantitative estimate of drug-likeness (QED) is 0.772. The third-order valence-electron chi connectivity index (χ3n) is 3.57. The fraction of sp³-hybridized carbons (Fsp3) is 1.00. The van der Waals surface area contributed by atoms with Crippen molar-refractivity contribution in [2.24, 2.45) is 5.92 Å². The minimum absolute atomic E-state index is 0.245. The summed E-state index contributed by atoms with van der Waals surface area (Å²) in [6.07, 6.45) is 3.20. The zero-order valence-electron chi connectivity index (χ0n) is 10.0. The summed E-state index contributed by atoms with van der Waals surface area (Å²) < 4.78 is 28.2. The Morgan fingerprint density at radius 2 is 2.19 bits per heavy atom. The van der Waals surface area contributed by atoms with Crippen molar-refractivity contribution in [1.82, 2.24) is 5.32 Å². The van der Waals surface area contributed by atoms with Crippen molar-refractivity contribution >= 4 is 9.84 Å². The van der Waals surface area contributed by atoms with Gasteiger partial charge in [0.15, 0.2) is 9.84 Å². The van der Waals surface area contributed by atoms with Crippen LogP contribution in [0.25, 0.3) is 0 Å². The van der Waals surface area contributed by atoms with Gasteiger partial charge < -0.3 is 10.1 Å². The molecule has 0 bridgehead atoms. The van der Waals surface area contributed by atoms with Crippen LogP contribution in [0.5, 0.6) is 0 Å². The van der Waals surface area contributed by atoms with Crippen LogP contribution in [0.4, 0.5) is 0 Å². The molecule has 1 aliphatic carbocycles. The Balaban J connectivity index is 1.96. The first kappa shape index (κ1) is 12.3. The van der Waals surface area contributed by atoms with E-state index in [1.54, 1.807) is 7.11 Å². The Bertz CT molecular complexity index is 350. The molecule has 2 atom stereocenters. The highest BCUT2D eigenvalue weighted by atomic mass is 32.2. The average molecular weight is 247 g/mol. The van der Waals surface area contributed by atoms with Gasteiger partial charge in [0.05, 0.1) is 18.1 Å². The maximum absolute atomic E-state index is 11.5. The van der Waals surface area contributed by atoms with Crippen LogP contribution < -0.4 is 5.32 Å². The van der Waals surface area contributed by atoms with Crippen LogP contribution in [-0.4, -0.2) is 45.2 Å². The van der Waals surface area contributed by atoms with Gasteiger partial charge in [-0.2, -0.15) is 0 Å². The number of rotatable bonds is 5. The lowest BCUT2D eigenvalue weighted by atomic mass is 9.99. The number of ether oxygens (including phenoxy) is 1. The molecule has 1 saturated heterocycles. The molecule has 2 fully saturated rings. The maximum atomic E-state index is 11.5. The van der Waals surface area contributed by atoms with Gasteiger partial charge in [-0.25, -0.2) is 8.42 Å². The molecule has 2 aliphatic rings. The first-order valence-corrected chi connectivity index (χ1v) is 7.73. The van der Waals surface area contributed by atoms with E-state index in [1.807, 2.05) is 6.92 Å². The number of methoxy groups -OCH3 is 1. The van der Waals surface area contributed by atoms with Crippen molar-refractivity contribution in [3.8, 4) is 0 Å². The molecule has 2 rings (SSSR count). The first-order valence-electron chi connectivity index (χ1n) is 5.91. The van der Waals surface area contributed by atoms with Crippen molar-refractivity contribution in [3.05, 3.63) is 0 Å². The van der Waals surface area contributed by atoms with Crippen molar-refractivity contribution < 1.29 is 13.2 Å². The van der Waals surface area contributed by atoms with Crippen LogP contribution in [-0.2, 0) is 14.6 Å². The summed E-state index contributed by atoms with van der Waals surface area (Å²) in [5.41, 5.74) is -0.245. The average Bonchev–Trinajstić information content (AvgIpc) is 2.94. The Kier molecular flexibility index (Phi) is 3.29. The van der Waals surface area contributed by atoms with E-state index in [-0.39, 0.29) is 11.3 Å². The predicted octanol–water partition coefficient (Wildman–Crippen LogP) is 0.578. The van der Waals surface area contributed by atoms with E-state index in [9.17, 15) is 8.42 Å². The summed E-state index contributed by atoms with van der Waals surface area (Å²) in [6, 6.07) is 0.322. The summed E-state index contributed by atoms with van der Waals surface area (Å²) in [6.45, 7) is 2.70. The molecule has 1 aliphatic heterocycles. The summed E-state index contributed by atoms with van der Waals surface area (Å²) >= 11 is 0. The lowest BCUT2D eigenvalue weighted by Gasteiger charge is -2.30. The van der Waals surface area contributed by atoms with E-state index >= 15 is 0 Å². The molecular weight excluding hydrogens is 226 g/mol. The third-order valence-corrected chi connectivity index (χ3v) is 5.48. The summed E-state index contributed by atoms with van der Waals surface area (Å²) in [5.74, 6) is 1.27. The second-order valence-electron chi connectivity index (χ2n) is 5.45. The van der Waals surface area contributed by atoms with Gasteiger partial charge in [-0.15, -0.1) is 0 Å². The Morgan fingerprint density at radius 3 is 2.62 bits per heavy atom. The fourth-order valence-electron chi connectivity index (χ4n) is 2.55. The normalized spacial score (nSPS) is 35.1. The molecule has 94 valence electrons. The zero-order valence-corrected chi connectivity index (χ0v) is 10.8. The molecule has 16 heavy (non-hydrogen) atoms. The van der Waals surface area contributed by atoms with Crippen LogP contribution in [0.3, 0.4) is 0 Å². The lowest BCUT2D eigenvalue weighted by molar-refractivity contribution is 0.141. The van der Waals surface area contributed by atoms with Gasteiger partial charge in [-0.1, -0.05) is 0 Å². The highest BCUT2D eigenvalue weighted by molar-refractivity contribution is 7.91. The molecule has 0 radical (unpaired) electrons. The second-order valence-corrected chi connectivity index (χ2v) is 7.63. The fourth-order valence-corrected chi connectivity index (χ4v) is 4.65. The van der Waals surface area contributed by atoms with Gasteiger partial charge in [-0.05, 0) is 32.1 Å². The first-order chi connectivity index (χ1) is 7.44. The van der Waals surface area contributed by atoms with Crippen LogP contribution in [0, 0.1) is 5.92 Å². The van der Waals surface area contributed by atoms with E-state index < -0.39 is 9.84 Å². The smallest absolute Gasteiger partial charge is 0.152 e. The molecule has 0 aromatic rings. The van der Waals surface area contributed by atoms with Crippen LogP contribution in [0.2, 0.25) is 0 Å². The molecule has 0 aromatic carbocycles. The van der Waals surface area contributed by atoms with Gasteiger partial charge in [0.2, 0.25) is 0 Å². The largest absolute Gasteiger partial charge is 0.383 e. The highest BCUT2D eigenvalue weighted by Gasteiger charge is 2.42. The molecule has 0 spiro atoms. The van der Waals surface area contributed by atoms with E-state index in [1.165, 1.54) is 12.8 Å². The van der Waals surface area contributed by atoms with Crippen molar-refractivity contribution in [3.63, 3.8) is 0 Å². The Morgan fingerprint density at radius 1 is 1.50 bits per heavy atom. The predicted molar refractivity (Wildman–Crippen MR) is 63.2 cm³/mol. The summed E-state index contributed by atoms with van der Waals surface area (Å²) in [5, 5.41) is 3.51. The number of nitrogens with one attached hydrogen (secondary N) is 1. The topological polar surface area (TPSA) is 55.4 Å². The number of sulfone groups is 1. The van der Waals surface area contributed by atoms with E-state index in [2.05, 4.69) is 5.32 Å². The molecule has 5 heteroatoms. The monoisotopic (exact) mass is 247 g/mol. The van der Waals surface area contributed by atoms with Crippen LogP contribution in [0.1, 0.15) is 26.2 Å². The molecule has 4 nitrogen and oxygen atoms in total. The van der Waals surface area contributed by atoms with Gasteiger partial charge >= 0.3 is 0 Å². The second kappa shape index (κ2) is 4.27. The Hall–Kier alpha value is -0.130. The van der Waals surface area contributed by atoms with E-state index in [0.29, 0.717) is 24.3 Å². The van der Waals surface area contributed by atoms with Gasteiger partial charge in [0.1, 0.15) is 0 Å². The molecule has 0 amide bonds. The SMILES string of the molecule is COCC(NC1(C)CCS(=O)(=O)C1)C1CC1. The van der Waals surface area contributed by atoms with Crippen molar-refractivity contribution in [2.45, 2.75) is 37.8 Å². The number of hydrogen-bond donors (Lipinski definition) is 1.